The Balaban J connectivity index is 2.13. The Morgan fingerprint density at radius 3 is 2.48 bits per heavy atom. The molecule has 0 radical (unpaired) electrons. The summed E-state index contributed by atoms with van der Waals surface area (Å²) < 4.78 is 42.9. The number of aliphatic hydroxyl groups is 1. The molecule has 0 spiro atoms. The maximum atomic E-state index is 12.7. The lowest BCUT2D eigenvalue weighted by Crippen LogP contribution is -2.52. The van der Waals surface area contributed by atoms with Gasteiger partial charge in [0.15, 0.2) is 0 Å². The van der Waals surface area contributed by atoms with Gasteiger partial charge in [0.05, 0.1) is 12.2 Å². The number of nitrogens with one attached hydrogen (secondary N) is 1. The Morgan fingerprint density at radius 1 is 1.38 bits per heavy atom. The summed E-state index contributed by atoms with van der Waals surface area (Å²) in [6.07, 6.45) is -4.22. The number of ether oxygens (including phenoxy) is 1. The highest BCUT2D eigenvalue weighted by Gasteiger charge is 2.55. The van der Waals surface area contributed by atoms with Crippen molar-refractivity contribution in [1.82, 2.24) is 5.32 Å². The summed E-state index contributed by atoms with van der Waals surface area (Å²) in [5, 5.41) is 11.5. The van der Waals surface area contributed by atoms with E-state index in [1.165, 1.54) is 24.3 Å². The van der Waals surface area contributed by atoms with Gasteiger partial charge < -0.3 is 15.2 Å². The Kier molecular flexibility index (Phi) is 3.95. The second-order valence-electron chi connectivity index (χ2n) is 4.65. The average molecular weight is 301 g/mol. The van der Waals surface area contributed by atoms with Crippen molar-refractivity contribution in [3.05, 3.63) is 41.6 Å². The van der Waals surface area contributed by atoms with Crippen molar-refractivity contribution in [3.63, 3.8) is 0 Å². The lowest BCUT2D eigenvalue weighted by Gasteiger charge is -2.26. The van der Waals surface area contributed by atoms with Crippen molar-refractivity contribution >= 4 is 11.5 Å². The smallest absolute Gasteiger partial charge is 0.436 e. The van der Waals surface area contributed by atoms with E-state index in [1.54, 1.807) is 6.92 Å². The Bertz CT molecular complexity index is 566. The van der Waals surface area contributed by atoms with Crippen molar-refractivity contribution in [2.24, 2.45) is 0 Å². The summed E-state index contributed by atoms with van der Waals surface area (Å²) in [6.45, 7) is 1.92. The molecule has 1 aliphatic rings. The summed E-state index contributed by atoms with van der Waals surface area (Å²) in [4.78, 5) is 11.5. The minimum Gasteiger partial charge on any atom is -0.462 e. The third-order valence-electron chi connectivity index (χ3n) is 3.17. The standard InChI is InChI=1S/C14H14F3NO3/c1-2-21-12(19)10-5-3-9(4-6-10)11-7-13(20,18-8-11)14(15,16)17/h3-6,8,18,20H,2,7H2,1H3. The van der Waals surface area contributed by atoms with E-state index in [-0.39, 0.29) is 6.61 Å². The number of carbonyl (C=O) groups is 1. The number of halogens is 3. The van der Waals surface area contributed by atoms with Gasteiger partial charge in [-0.05, 0) is 30.2 Å². The molecule has 2 N–H and O–H groups in total. The molecule has 1 atom stereocenters. The molecule has 0 bridgehead atoms. The number of alkyl halides is 3. The van der Waals surface area contributed by atoms with Crippen LogP contribution in [0.15, 0.2) is 30.5 Å². The fraction of sp³-hybridized carbons (Fsp3) is 0.357. The summed E-state index contributed by atoms with van der Waals surface area (Å²) >= 11 is 0. The molecule has 21 heavy (non-hydrogen) atoms. The molecule has 1 unspecified atom stereocenters. The van der Waals surface area contributed by atoms with Gasteiger partial charge in [-0.2, -0.15) is 13.2 Å². The van der Waals surface area contributed by atoms with Crippen LogP contribution in [0.1, 0.15) is 29.3 Å². The van der Waals surface area contributed by atoms with Crippen LogP contribution in [-0.4, -0.2) is 29.6 Å². The van der Waals surface area contributed by atoms with Crippen LogP contribution in [0.25, 0.3) is 5.57 Å². The van der Waals surface area contributed by atoms with Gasteiger partial charge in [0.2, 0.25) is 5.72 Å². The normalized spacial score (nSPS) is 21.7. The van der Waals surface area contributed by atoms with Gasteiger partial charge in [-0.3, -0.25) is 0 Å². The van der Waals surface area contributed by atoms with Gasteiger partial charge in [-0.1, -0.05) is 12.1 Å². The minimum absolute atomic E-state index is 0.244. The zero-order valence-corrected chi connectivity index (χ0v) is 11.2. The lowest BCUT2D eigenvalue weighted by atomic mass is 9.99. The minimum atomic E-state index is -4.77. The lowest BCUT2D eigenvalue weighted by molar-refractivity contribution is -0.263. The van der Waals surface area contributed by atoms with Crippen LogP contribution in [0.5, 0.6) is 0 Å². The van der Waals surface area contributed by atoms with Gasteiger partial charge in [0, 0.05) is 12.6 Å². The molecule has 0 fully saturated rings. The highest BCUT2D eigenvalue weighted by atomic mass is 19.4. The first-order valence-electron chi connectivity index (χ1n) is 6.30. The third-order valence-corrected chi connectivity index (χ3v) is 3.17. The van der Waals surface area contributed by atoms with Crippen molar-refractivity contribution in [2.45, 2.75) is 25.2 Å². The van der Waals surface area contributed by atoms with E-state index in [9.17, 15) is 23.1 Å². The zero-order valence-electron chi connectivity index (χ0n) is 11.2. The molecule has 1 heterocycles. The van der Waals surface area contributed by atoms with Crippen LogP contribution in [-0.2, 0) is 4.74 Å². The van der Waals surface area contributed by atoms with Gasteiger partial charge in [0.25, 0.3) is 0 Å². The fourth-order valence-corrected chi connectivity index (χ4v) is 1.99. The van der Waals surface area contributed by atoms with Crippen molar-refractivity contribution < 1.29 is 27.8 Å². The molecule has 4 nitrogen and oxygen atoms in total. The second-order valence-corrected chi connectivity index (χ2v) is 4.65. The molecule has 1 aliphatic heterocycles. The van der Waals surface area contributed by atoms with Crippen LogP contribution in [0.4, 0.5) is 13.2 Å². The highest BCUT2D eigenvalue weighted by molar-refractivity contribution is 5.89. The van der Waals surface area contributed by atoms with Crippen LogP contribution >= 0.6 is 0 Å². The van der Waals surface area contributed by atoms with E-state index in [2.05, 4.69) is 0 Å². The molecular weight excluding hydrogens is 287 g/mol. The van der Waals surface area contributed by atoms with Gasteiger partial charge in [-0.25, -0.2) is 4.79 Å². The first-order chi connectivity index (χ1) is 9.77. The quantitative estimate of drug-likeness (QED) is 0.842. The van der Waals surface area contributed by atoms with Crippen molar-refractivity contribution in [2.75, 3.05) is 6.61 Å². The Hall–Kier alpha value is -2.02. The highest BCUT2D eigenvalue weighted by Crippen LogP contribution is 2.39. The van der Waals surface area contributed by atoms with Crippen LogP contribution < -0.4 is 5.32 Å². The van der Waals surface area contributed by atoms with E-state index in [1.807, 2.05) is 5.32 Å². The van der Waals surface area contributed by atoms with Gasteiger partial charge in [0.1, 0.15) is 0 Å². The van der Waals surface area contributed by atoms with Gasteiger partial charge in [-0.15, -0.1) is 0 Å². The monoisotopic (exact) mass is 301 g/mol. The molecule has 1 aromatic carbocycles. The average Bonchev–Trinajstić information content (AvgIpc) is 2.83. The predicted octanol–water partition coefficient (Wildman–Crippen LogP) is 2.45. The van der Waals surface area contributed by atoms with Crippen LogP contribution in [0.2, 0.25) is 0 Å². The van der Waals surface area contributed by atoms with E-state index < -0.39 is 24.3 Å². The first-order valence-corrected chi connectivity index (χ1v) is 6.30. The van der Waals surface area contributed by atoms with Gasteiger partial charge >= 0.3 is 12.1 Å². The largest absolute Gasteiger partial charge is 0.462 e. The molecule has 1 aromatic rings. The van der Waals surface area contributed by atoms with E-state index in [4.69, 9.17) is 4.74 Å². The maximum Gasteiger partial charge on any atom is 0.436 e. The topological polar surface area (TPSA) is 58.6 Å². The van der Waals surface area contributed by atoms with E-state index in [0.29, 0.717) is 16.7 Å². The number of hydrogen-bond acceptors (Lipinski definition) is 4. The predicted molar refractivity (Wildman–Crippen MR) is 69.1 cm³/mol. The second kappa shape index (κ2) is 5.40. The molecule has 2 rings (SSSR count). The molecule has 0 aromatic heterocycles. The molecule has 0 aliphatic carbocycles. The first kappa shape index (κ1) is 15.4. The molecule has 0 saturated carbocycles. The van der Waals surface area contributed by atoms with E-state index in [0.717, 1.165) is 6.20 Å². The molecule has 7 heteroatoms. The van der Waals surface area contributed by atoms with Crippen LogP contribution in [0, 0.1) is 0 Å². The summed E-state index contributed by atoms with van der Waals surface area (Å²) in [5.74, 6) is -0.491. The Labute approximate surface area is 119 Å². The number of hydrogen-bond donors (Lipinski definition) is 2. The molecular formula is C14H14F3NO3. The van der Waals surface area contributed by atoms with Crippen molar-refractivity contribution in [1.29, 1.82) is 0 Å². The third kappa shape index (κ3) is 3.02. The number of carbonyl (C=O) groups excluding carboxylic acids is 1. The summed E-state index contributed by atoms with van der Waals surface area (Å²) in [6, 6.07) is 5.97. The Morgan fingerprint density at radius 2 is 2.00 bits per heavy atom. The summed E-state index contributed by atoms with van der Waals surface area (Å²) in [7, 11) is 0. The molecule has 0 saturated heterocycles. The number of benzene rings is 1. The zero-order chi connectivity index (χ0) is 15.7. The van der Waals surface area contributed by atoms with Crippen molar-refractivity contribution in [3.8, 4) is 0 Å². The molecule has 114 valence electrons. The number of rotatable bonds is 3. The molecule has 0 amide bonds. The summed E-state index contributed by atoms with van der Waals surface area (Å²) in [5.41, 5.74) is -1.82. The van der Waals surface area contributed by atoms with E-state index >= 15 is 0 Å². The fourth-order valence-electron chi connectivity index (χ4n) is 1.99. The van der Waals surface area contributed by atoms with Crippen LogP contribution in [0.3, 0.4) is 0 Å². The number of esters is 1. The maximum absolute atomic E-state index is 12.7. The SMILES string of the molecule is CCOC(=O)c1ccc(C2=CNC(O)(C(F)(F)F)C2)cc1.